The number of ether oxygens (including phenoxy) is 1. The van der Waals surface area contributed by atoms with Crippen molar-refractivity contribution in [2.24, 2.45) is 0 Å². The predicted octanol–water partition coefficient (Wildman–Crippen LogP) is 3.36. The number of phenolic OH excluding ortho intramolecular Hbond substituents is 1. The third kappa shape index (κ3) is 4.70. The molecule has 0 unspecified atom stereocenters. The first-order chi connectivity index (χ1) is 11.9. The molecule has 2 heterocycles. The summed E-state index contributed by atoms with van der Waals surface area (Å²) in [6.45, 7) is 6.56. The molecule has 1 aromatic heterocycles. The summed E-state index contributed by atoms with van der Waals surface area (Å²) in [7, 11) is 0. The normalized spacial score (nSPS) is 21.2. The zero-order valence-corrected chi connectivity index (χ0v) is 15.6. The van der Waals surface area contributed by atoms with Gasteiger partial charge in [-0.1, -0.05) is 11.6 Å². The number of benzene rings is 1. The topological polar surface area (TPSA) is 74.7 Å². The van der Waals surface area contributed by atoms with Gasteiger partial charge in [-0.25, -0.2) is 4.98 Å². The molecule has 25 heavy (non-hydrogen) atoms. The van der Waals surface area contributed by atoms with Crippen LogP contribution in [-0.2, 0) is 11.3 Å². The largest absolute Gasteiger partial charge is 0.507 e. The monoisotopic (exact) mass is 381 g/mol. The SMILES string of the molecule is C[C@@H]1CN(Cc2csc(NC(=O)c3cc(Cl)ccc3O)n2)C[C@H](C)O1. The summed E-state index contributed by atoms with van der Waals surface area (Å²) in [5.74, 6) is -0.551. The van der Waals surface area contributed by atoms with Gasteiger partial charge in [-0.2, -0.15) is 0 Å². The number of rotatable bonds is 4. The molecule has 2 aromatic rings. The van der Waals surface area contributed by atoms with E-state index in [-0.39, 0.29) is 23.5 Å². The number of aromatic nitrogens is 1. The molecule has 1 aliphatic heterocycles. The maximum absolute atomic E-state index is 12.3. The van der Waals surface area contributed by atoms with Crippen molar-refractivity contribution in [1.29, 1.82) is 0 Å². The van der Waals surface area contributed by atoms with Crippen LogP contribution in [0, 0.1) is 0 Å². The van der Waals surface area contributed by atoms with Crippen LogP contribution in [-0.4, -0.2) is 46.2 Å². The fraction of sp³-hybridized carbons (Fsp3) is 0.412. The Hall–Kier alpha value is -1.67. The van der Waals surface area contributed by atoms with Crippen LogP contribution < -0.4 is 5.32 Å². The predicted molar refractivity (Wildman–Crippen MR) is 98.5 cm³/mol. The smallest absolute Gasteiger partial charge is 0.261 e. The molecule has 2 N–H and O–H groups in total. The van der Waals surface area contributed by atoms with Gasteiger partial charge in [0.1, 0.15) is 5.75 Å². The summed E-state index contributed by atoms with van der Waals surface area (Å²) in [5, 5.41) is 15.3. The van der Waals surface area contributed by atoms with Crippen LogP contribution in [0.1, 0.15) is 29.9 Å². The lowest BCUT2D eigenvalue weighted by atomic mass is 10.2. The van der Waals surface area contributed by atoms with Gasteiger partial charge in [0.2, 0.25) is 0 Å². The molecule has 1 amide bonds. The number of hydrogen-bond acceptors (Lipinski definition) is 6. The molecule has 3 rings (SSSR count). The van der Waals surface area contributed by atoms with Crippen LogP contribution in [0.4, 0.5) is 5.13 Å². The fourth-order valence-corrected chi connectivity index (χ4v) is 3.80. The Kier molecular flexibility index (Phi) is 5.58. The number of morpholine rings is 1. The molecule has 0 spiro atoms. The number of carbonyl (C=O) groups is 1. The van der Waals surface area contributed by atoms with Crippen LogP contribution in [0.2, 0.25) is 5.02 Å². The maximum Gasteiger partial charge on any atom is 0.261 e. The van der Waals surface area contributed by atoms with Gasteiger partial charge < -0.3 is 9.84 Å². The number of nitrogens with zero attached hydrogens (tertiary/aromatic N) is 2. The number of halogens is 1. The second-order valence-corrected chi connectivity index (χ2v) is 7.51. The Morgan fingerprint density at radius 3 is 2.88 bits per heavy atom. The third-order valence-electron chi connectivity index (χ3n) is 3.86. The third-order valence-corrected chi connectivity index (χ3v) is 4.90. The number of thiazole rings is 1. The van der Waals surface area contributed by atoms with Gasteiger partial charge in [0.25, 0.3) is 5.91 Å². The van der Waals surface area contributed by atoms with Crippen LogP contribution in [0.3, 0.4) is 0 Å². The molecule has 1 saturated heterocycles. The van der Waals surface area contributed by atoms with Crippen molar-refractivity contribution in [2.45, 2.75) is 32.6 Å². The maximum atomic E-state index is 12.3. The van der Waals surface area contributed by atoms with E-state index in [1.807, 2.05) is 5.38 Å². The van der Waals surface area contributed by atoms with Crippen LogP contribution in [0.15, 0.2) is 23.6 Å². The van der Waals surface area contributed by atoms with Gasteiger partial charge >= 0.3 is 0 Å². The van der Waals surface area contributed by atoms with E-state index in [0.717, 1.165) is 18.8 Å². The molecular formula is C17H20ClN3O3S. The first-order valence-corrected chi connectivity index (χ1v) is 9.28. The van der Waals surface area contributed by atoms with E-state index in [2.05, 4.69) is 29.0 Å². The molecule has 0 aliphatic carbocycles. The number of aromatic hydroxyl groups is 1. The second kappa shape index (κ2) is 7.70. The molecule has 134 valence electrons. The average molecular weight is 382 g/mol. The standard InChI is InChI=1S/C17H20ClN3O3S/c1-10-6-21(7-11(2)24-10)8-13-9-25-17(19-13)20-16(23)14-5-12(18)3-4-15(14)22/h3-5,9-11,22H,6-8H2,1-2H3,(H,19,20,23)/t10-,11+. The Balaban J connectivity index is 1.63. The zero-order chi connectivity index (χ0) is 18.0. The van der Waals surface area contributed by atoms with Crippen molar-refractivity contribution in [3.05, 3.63) is 39.9 Å². The quantitative estimate of drug-likeness (QED) is 0.849. The van der Waals surface area contributed by atoms with Gasteiger partial charge in [-0.15, -0.1) is 11.3 Å². The lowest BCUT2D eigenvalue weighted by molar-refractivity contribution is -0.0707. The summed E-state index contributed by atoms with van der Waals surface area (Å²) in [6.07, 6.45) is 0.403. The summed E-state index contributed by atoms with van der Waals surface area (Å²) in [5.41, 5.74) is 1.02. The summed E-state index contributed by atoms with van der Waals surface area (Å²) in [4.78, 5) is 19.0. The molecule has 1 aromatic carbocycles. The minimum absolute atomic E-state index is 0.116. The van der Waals surface area contributed by atoms with Gasteiger partial charge in [-0.3, -0.25) is 15.0 Å². The Labute approximate surface area is 155 Å². The lowest BCUT2D eigenvalue weighted by Gasteiger charge is -2.34. The van der Waals surface area contributed by atoms with Gasteiger partial charge in [0.05, 0.1) is 23.5 Å². The van der Waals surface area contributed by atoms with Crippen LogP contribution in [0.25, 0.3) is 0 Å². The Bertz CT molecular complexity index is 757. The minimum atomic E-state index is -0.436. The van der Waals surface area contributed by atoms with Crippen LogP contribution >= 0.6 is 22.9 Å². The summed E-state index contributed by atoms with van der Waals surface area (Å²) in [6, 6.07) is 4.35. The molecular weight excluding hydrogens is 362 g/mol. The van der Waals surface area contributed by atoms with E-state index < -0.39 is 5.91 Å². The molecule has 1 aliphatic rings. The average Bonchev–Trinajstić information content (AvgIpc) is 2.95. The Morgan fingerprint density at radius 2 is 2.16 bits per heavy atom. The lowest BCUT2D eigenvalue weighted by Crippen LogP contribution is -2.44. The van der Waals surface area contributed by atoms with Crippen molar-refractivity contribution in [3.8, 4) is 5.75 Å². The van der Waals surface area contributed by atoms with Crippen molar-refractivity contribution in [2.75, 3.05) is 18.4 Å². The fourth-order valence-electron chi connectivity index (χ4n) is 2.93. The number of carbonyl (C=O) groups excluding carboxylic acids is 1. The highest BCUT2D eigenvalue weighted by molar-refractivity contribution is 7.14. The highest BCUT2D eigenvalue weighted by atomic mass is 35.5. The van der Waals surface area contributed by atoms with Crippen molar-refractivity contribution in [1.82, 2.24) is 9.88 Å². The highest BCUT2D eigenvalue weighted by Gasteiger charge is 2.23. The molecule has 0 radical (unpaired) electrons. The molecule has 2 atom stereocenters. The molecule has 6 nitrogen and oxygen atoms in total. The van der Waals surface area contributed by atoms with Crippen molar-refractivity contribution in [3.63, 3.8) is 0 Å². The van der Waals surface area contributed by atoms with E-state index in [4.69, 9.17) is 16.3 Å². The van der Waals surface area contributed by atoms with Gasteiger partial charge in [0.15, 0.2) is 5.13 Å². The summed E-state index contributed by atoms with van der Waals surface area (Å²) >= 11 is 7.24. The van der Waals surface area contributed by atoms with Gasteiger partial charge in [0, 0.05) is 30.0 Å². The first kappa shape index (κ1) is 18.1. The minimum Gasteiger partial charge on any atom is -0.507 e. The molecule has 0 bridgehead atoms. The van der Waals surface area contributed by atoms with Crippen LogP contribution in [0.5, 0.6) is 5.75 Å². The molecule has 0 saturated carbocycles. The summed E-state index contributed by atoms with van der Waals surface area (Å²) < 4.78 is 5.73. The number of nitrogens with one attached hydrogen (secondary N) is 1. The van der Waals surface area contributed by atoms with E-state index >= 15 is 0 Å². The molecule has 8 heteroatoms. The van der Waals surface area contributed by atoms with E-state index in [1.165, 1.54) is 29.5 Å². The number of anilines is 1. The number of hydrogen-bond donors (Lipinski definition) is 2. The molecule has 1 fully saturated rings. The number of amides is 1. The highest BCUT2D eigenvalue weighted by Crippen LogP contribution is 2.24. The van der Waals surface area contributed by atoms with E-state index in [0.29, 0.717) is 16.7 Å². The van der Waals surface area contributed by atoms with Crippen molar-refractivity contribution < 1.29 is 14.6 Å². The van der Waals surface area contributed by atoms with E-state index in [9.17, 15) is 9.90 Å². The van der Waals surface area contributed by atoms with E-state index in [1.54, 1.807) is 0 Å². The second-order valence-electron chi connectivity index (χ2n) is 6.21. The number of phenols is 1. The Morgan fingerprint density at radius 1 is 1.44 bits per heavy atom. The van der Waals surface area contributed by atoms with Crippen molar-refractivity contribution >= 4 is 34.0 Å². The van der Waals surface area contributed by atoms with Gasteiger partial charge in [-0.05, 0) is 32.0 Å². The first-order valence-electron chi connectivity index (χ1n) is 8.03. The zero-order valence-electron chi connectivity index (χ0n) is 14.0.